The van der Waals surface area contributed by atoms with Gasteiger partial charge in [-0.1, -0.05) is 13.0 Å². The van der Waals surface area contributed by atoms with Crippen molar-refractivity contribution in [3.05, 3.63) is 12.7 Å². The van der Waals surface area contributed by atoms with Crippen LogP contribution in [0.4, 0.5) is 0 Å². The van der Waals surface area contributed by atoms with Crippen LogP contribution < -0.4 is 5.32 Å². The highest BCUT2D eigenvalue weighted by Gasteiger charge is 2.06. The normalized spacial score (nSPS) is 13.1. The Morgan fingerprint density at radius 2 is 2.07 bits per heavy atom. The van der Waals surface area contributed by atoms with Gasteiger partial charge in [0.15, 0.2) is 0 Å². The van der Waals surface area contributed by atoms with E-state index >= 15 is 0 Å². The average Bonchev–Trinajstić information content (AvgIpc) is 2.21. The summed E-state index contributed by atoms with van der Waals surface area (Å²) in [7, 11) is 4.28. The minimum absolute atomic E-state index is 0.687. The Hall–Kier alpha value is -0.340. The molecule has 90 valence electrons. The fourth-order valence-corrected chi connectivity index (χ4v) is 1.62. The van der Waals surface area contributed by atoms with Gasteiger partial charge >= 0.3 is 0 Å². The lowest BCUT2D eigenvalue weighted by Crippen LogP contribution is -2.32. The third kappa shape index (κ3) is 9.95. The molecule has 15 heavy (non-hydrogen) atoms. The van der Waals surface area contributed by atoms with Crippen molar-refractivity contribution >= 4 is 0 Å². The Kier molecular flexibility index (Phi) is 9.96. The Bertz CT molecular complexity index is 143. The van der Waals surface area contributed by atoms with Gasteiger partial charge in [-0.15, -0.1) is 6.58 Å². The zero-order valence-corrected chi connectivity index (χ0v) is 10.8. The average molecular weight is 212 g/mol. The maximum atomic E-state index is 3.77. The molecule has 0 saturated carbocycles. The molecule has 0 aliphatic rings. The third-order valence-electron chi connectivity index (χ3n) is 2.57. The molecule has 0 fully saturated rings. The summed E-state index contributed by atoms with van der Waals surface area (Å²) in [5.74, 6) is 0. The number of allylic oxidation sites excluding steroid dienone is 1. The zero-order chi connectivity index (χ0) is 11.5. The van der Waals surface area contributed by atoms with E-state index in [0.29, 0.717) is 6.04 Å². The van der Waals surface area contributed by atoms with E-state index in [1.165, 1.54) is 32.2 Å². The number of unbranched alkanes of at least 4 members (excludes halogenated alkanes) is 1. The molecule has 0 bridgehead atoms. The summed E-state index contributed by atoms with van der Waals surface area (Å²) in [6, 6.07) is 0.687. The maximum Gasteiger partial charge on any atom is 0.00793 e. The van der Waals surface area contributed by atoms with E-state index in [0.717, 1.165) is 13.0 Å². The second-order valence-corrected chi connectivity index (χ2v) is 4.46. The summed E-state index contributed by atoms with van der Waals surface area (Å²) in [4.78, 5) is 2.26. The molecule has 0 amide bonds. The van der Waals surface area contributed by atoms with Crippen molar-refractivity contribution in [1.82, 2.24) is 10.2 Å². The van der Waals surface area contributed by atoms with Crippen LogP contribution in [0.1, 0.15) is 39.0 Å². The third-order valence-corrected chi connectivity index (χ3v) is 2.57. The highest BCUT2D eigenvalue weighted by molar-refractivity contribution is 4.72. The molecule has 0 aliphatic heterocycles. The molecule has 1 N–H and O–H groups in total. The molecule has 1 unspecified atom stereocenters. The SMILES string of the molecule is C=CCCCC(CCN(C)C)NCCC. The second kappa shape index (κ2) is 10.2. The number of hydrogen-bond acceptors (Lipinski definition) is 2. The highest BCUT2D eigenvalue weighted by atomic mass is 15.1. The summed E-state index contributed by atoms with van der Waals surface area (Å²) in [6.45, 7) is 8.31. The van der Waals surface area contributed by atoms with Crippen LogP contribution in [0.25, 0.3) is 0 Å². The molecule has 0 radical (unpaired) electrons. The van der Waals surface area contributed by atoms with E-state index in [-0.39, 0.29) is 0 Å². The first-order valence-electron chi connectivity index (χ1n) is 6.19. The van der Waals surface area contributed by atoms with Gasteiger partial charge in [0.05, 0.1) is 0 Å². The van der Waals surface area contributed by atoms with E-state index < -0.39 is 0 Å². The molecule has 0 rings (SSSR count). The molecule has 2 heteroatoms. The largest absolute Gasteiger partial charge is 0.314 e. The predicted octanol–water partition coefficient (Wildman–Crippen LogP) is 2.66. The van der Waals surface area contributed by atoms with Gasteiger partial charge < -0.3 is 10.2 Å². The summed E-state index contributed by atoms with van der Waals surface area (Å²) in [6.07, 6.45) is 8.18. The smallest absolute Gasteiger partial charge is 0.00793 e. The summed E-state index contributed by atoms with van der Waals surface area (Å²) < 4.78 is 0. The van der Waals surface area contributed by atoms with Crippen LogP contribution in [-0.2, 0) is 0 Å². The minimum atomic E-state index is 0.687. The summed E-state index contributed by atoms with van der Waals surface area (Å²) in [5, 5.41) is 3.62. The van der Waals surface area contributed by atoms with Crippen molar-refractivity contribution in [2.24, 2.45) is 0 Å². The molecular weight excluding hydrogens is 184 g/mol. The molecule has 0 aromatic heterocycles. The lowest BCUT2D eigenvalue weighted by atomic mass is 10.1. The summed E-state index contributed by atoms with van der Waals surface area (Å²) >= 11 is 0. The quantitative estimate of drug-likeness (QED) is 0.442. The number of rotatable bonds is 10. The first kappa shape index (κ1) is 14.7. The highest BCUT2D eigenvalue weighted by Crippen LogP contribution is 2.05. The zero-order valence-electron chi connectivity index (χ0n) is 10.8. The topological polar surface area (TPSA) is 15.3 Å². The van der Waals surface area contributed by atoms with Gasteiger partial charge in [-0.25, -0.2) is 0 Å². The Morgan fingerprint density at radius 3 is 2.60 bits per heavy atom. The lowest BCUT2D eigenvalue weighted by molar-refractivity contribution is 0.346. The number of nitrogens with one attached hydrogen (secondary N) is 1. The van der Waals surface area contributed by atoms with Crippen LogP contribution in [0.5, 0.6) is 0 Å². The summed E-state index contributed by atoms with van der Waals surface area (Å²) in [5.41, 5.74) is 0. The van der Waals surface area contributed by atoms with Crippen molar-refractivity contribution in [1.29, 1.82) is 0 Å². The molecule has 0 heterocycles. The Balaban J connectivity index is 3.67. The van der Waals surface area contributed by atoms with E-state index in [9.17, 15) is 0 Å². The molecule has 0 aromatic carbocycles. The van der Waals surface area contributed by atoms with Crippen LogP contribution >= 0.6 is 0 Å². The fourth-order valence-electron chi connectivity index (χ4n) is 1.62. The van der Waals surface area contributed by atoms with E-state index in [4.69, 9.17) is 0 Å². The lowest BCUT2D eigenvalue weighted by Gasteiger charge is -2.20. The Labute approximate surface area is 95.7 Å². The van der Waals surface area contributed by atoms with Crippen LogP contribution in [0, 0.1) is 0 Å². The van der Waals surface area contributed by atoms with Crippen LogP contribution in [-0.4, -0.2) is 38.1 Å². The van der Waals surface area contributed by atoms with Crippen LogP contribution in [0.2, 0.25) is 0 Å². The minimum Gasteiger partial charge on any atom is -0.314 e. The molecular formula is C13H28N2. The van der Waals surface area contributed by atoms with Crippen molar-refractivity contribution in [2.75, 3.05) is 27.2 Å². The molecule has 2 nitrogen and oxygen atoms in total. The van der Waals surface area contributed by atoms with Gasteiger partial charge in [-0.05, 0) is 59.3 Å². The van der Waals surface area contributed by atoms with E-state index in [2.05, 4.69) is 37.8 Å². The van der Waals surface area contributed by atoms with Gasteiger partial charge in [0.25, 0.3) is 0 Å². The number of hydrogen-bond donors (Lipinski definition) is 1. The fraction of sp³-hybridized carbons (Fsp3) is 0.846. The van der Waals surface area contributed by atoms with Crippen molar-refractivity contribution < 1.29 is 0 Å². The van der Waals surface area contributed by atoms with Gasteiger partial charge in [0.1, 0.15) is 0 Å². The van der Waals surface area contributed by atoms with Crippen molar-refractivity contribution in [3.63, 3.8) is 0 Å². The molecule has 0 saturated heterocycles. The first-order valence-corrected chi connectivity index (χ1v) is 6.19. The predicted molar refractivity (Wildman–Crippen MR) is 69.3 cm³/mol. The van der Waals surface area contributed by atoms with Gasteiger partial charge in [-0.3, -0.25) is 0 Å². The Morgan fingerprint density at radius 1 is 1.33 bits per heavy atom. The molecule has 1 atom stereocenters. The van der Waals surface area contributed by atoms with Crippen molar-refractivity contribution in [3.8, 4) is 0 Å². The van der Waals surface area contributed by atoms with Gasteiger partial charge in [0, 0.05) is 6.04 Å². The standard InChI is InChI=1S/C13H28N2/c1-5-7-8-9-13(14-11-6-2)10-12-15(3)4/h5,13-14H,1,6-12H2,2-4H3. The molecule has 0 aromatic rings. The van der Waals surface area contributed by atoms with Crippen LogP contribution in [0.15, 0.2) is 12.7 Å². The van der Waals surface area contributed by atoms with Crippen LogP contribution in [0.3, 0.4) is 0 Å². The molecule has 0 aliphatic carbocycles. The maximum absolute atomic E-state index is 3.77. The second-order valence-electron chi connectivity index (χ2n) is 4.46. The monoisotopic (exact) mass is 212 g/mol. The van der Waals surface area contributed by atoms with Gasteiger partial charge in [0.2, 0.25) is 0 Å². The van der Waals surface area contributed by atoms with Gasteiger partial charge in [-0.2, -0.15) is 0 Å². The van der Waals surface area contributed by atoms with E-state index in [1.54, 1.807) is 0 Å². The molecule has 0 spiro atoms. The van der Waals surface area contributed by atoms with E-state index in [1.807, 2.05) is 6.08 Å². The number of nitrogens with zero attached hydrogens (tertiary/aromatic N) is 1. The first-order chi connectivity index (χ1) is 7.20. The van der Waals surface area contributed by atoms with Crippen molar-refractivity contribution in [2.45, 2.75) is 45.1 Å².